The van der Waals surface area contributed by atoms with Gasteiger partial charge in [0.05, 0.1) is 25.6 Å². The number of carbonyl (C=O) groups excluding carboxylic acids is 10. The highest BCUT2D eigenvalue weighted by Crippen LogP contribution is 2.20. The molecule has 10 amide bonds. The van der Waals surface area contributed by atoms with Crippen molar-refractivity contribution in [3.05, 3.63) is 0 Å². The first-order valence-corrected chi connectivity index (χ1v) is 20.5. The number of nitrogens with zero attached hydrogens (tertiary/aromatic N) is 2. The number of nitrogens with two attached hydrogens (primary N) is 1. The highest BCUT2D eigenvalue weighted by Gasteiger charge is 2.39. The summed E-state index contributed by atoms with van der Waals surface area (Å²) < 4.78 is 0. The van der Waals surface area contributed by atoms with Crippen LogP contribution in [0.1, 0.15) is 80.6 Å². The molecule has 0 aromatic rings. The van der Waals surface area contributed by atoms with Crippen LogP contribution in [0.5, 0.6) is 0 Å². The molecular weight excluding hydrogens is 834 g/mol. The summed E-state index contributed by atoms with van der Waals surface area (Å²) in [7, 11) is 0. The minimum Gasteiger partial charge on any atom is -0.481 e. The van der Waals surface area contributed by atoms with Gasteiger partial charge in [-0.05, 0) is 66.2 Å². The van der Waals surface area contributed by atoms with Crippen molar-refractivity contribution >= 4 is 71.0 Å². The first kappa shape index (κ1) is 52.7. The van der Waals surface area contributed by atoms with E-state index >= 15 is 0 Å². The molecule has 0 unspecified atom stereocenters. The van der Waals surface area contributed by atoms with Gasteiger partial charge in [-0.25, -0.2) is 4.79 Å². The van der Waals surface area contributed by atoms with Gasteiger partial charge in [0.15, 0.2) is 0 Å². The number of likely N-dealkylation sites (tertiary alicyclic amines) is 2. The summed E-state index contributed by atoms with van der Waals surface area (Å²) in [6.45, 7) is 9.22. The van der Waals surface area contributed by atoms with E-state index in [9.17, 15) is 62.6 Å². The lowest BCUT2D eigenvalue weighted by atomic mass is 10.0. The summed E-state index contributed by atoms with van der Waals surface area (Å²) in [5.41, 5.74) is 5.47. The third kappa shape index (κ3) is 16.1. The number of amides is 10. The molecule has 2 aliphatic heterocycles. The smallest absolute Gasteiger partial charge is 0.326 e. The van der Waals surface area contributed by atoms with Gasteiger partial charge in [-0.2, -0.15) is 0 Å². The molecule has 0 aliphatic carbocycles. The van der Waals surface area contributed by atoms with Gasteiger partial charge in [0, 0.05) is 13.1 Å². The molecule has 2 aliphatic rings. The average Bonchev–Trinajstić information content (AvgIpc) is 3.91. The number of rotatable bonds is 22. The van der Waals surface area contributed by atoms with Gasteiger partial charge in [-0.3, -0.25) is 52.7 Å². The van der Waals surface area contributed by atoms with Crippen LogP contribution in [0.4, 0.5) is 0 Å². The van der Waals surface area contributed by atoms with E-state index in [0.717, 1.165) is 0 Å². The molecule has 63 heavy (non-hydrogen) atoms. The second kappa shape index (κ2) is 24.3. The maximum absolute atomic E-state index is 13.3. The highest BCUT2D eigenvalue weighted by atomic mass is 16.4. The van der Waals surface area contributed by atoms with Gasteiger partial charge in [0.2, 0.25) is 59.1 Å². The van der Waals surface area contributed by atoms with Gasteiger partial charge >= 0.3 is 11.9 Å². The van der Waals surface area contributed by atoms with E-state index in [1.807, 2.05) is 0 Å². The van der Waals surface area contributed by atoms with E-state index in [1.54, 1.807) is 13.8 Å². The standard InChI is InChI=1S/C38H61N11O14/c1-17(2)29(38(62)63)47-35(59)25-11-9-13-49(25)37(61)22(7)43-26(50)15-40-30(54)18(3)44-32(56)20(5)46-34(58)24-10-8-12-48(24)36(60)21(6)42-27(51)16-41-31(55)19(4)45-33(57)23(39)14-28(52)53/h17-25,29H,8-16,39H2,1-7H3,(H,40,54)(H,41,55)(H,42,51)(H,43,50)(H,44,56)(H,45,57)(H,46,58)(H,47,59)(H,52,53)(H,62,63)/t18-,19-,20-,21-,22-,23-,24-,25-,29-/m0/s1. The maximum atomic E-state index is 13.3. The van der Waals surface area contributed by atoms with E-state index in [1.165, 1.54) is 44.4 Å². The van der Waals surface area contributed by atoms with Crippen molar-refractivity contribution in [2.24, 2.45) is 11.7 Å². The number of carboxylic acids is 2. The second-order valence-electron chi connectivity index (χ2n) is 15.9. The summed E-state index contributed by atoms with van der Waals surface area (Å²) >= 11 is 0. The molecule has 0 aromatic carbocycles. The van der Waals surface area contributed by atoms with Gasteiger partial charge < -0.3 is 68.3 Å². The van der Waals surface area contributed by atoms with E-state index in [2.05, 4.69) is 42.5 Å². The number of hydrogen-bond acceptors (Lipinski definition) is 13. The molecule has 2 saturated heterocycles. The molecule has 9 atom stereocenters. The molecule has 0 saturated carbocycles. The lowest BCUT2D eigenvalue weighted by molar-refractivity contribution is -0.145. The Morgan fingerprint density at radius 1 is 0.540 bits per heavy atom. The van der Waals surface area contributed by atoms with Crippen molar-refractivity contribution in [1.29, 1.82) is 0 Å². The van der Waals surface area contributed by atoms with Crippen molar-refractivity contribution in [2.75, 3.05) is 26.2 Å². The van der Waals surface area contributed by atoms with Crippen molar-refractivity contribution in [3.63, 3.8) is 0 Å². The summed E-state index contributed by atoms with van der Waals surface area (Å²) in [4.78, 5) is 152. The van der Waals surface area contributed by atoms with Gasteiger partial charge in [0.25, 0.3) is 0 Å². The third-order valence-corrected chi connectivity index (χ3v) is 10.2. The Morgan fingerprint density at radius 3 is 1.33 bits per heavy atom. The average molecular weight is 896 g/mol. The minimum absolute atomic E-state index is 0.163. The topological polar surface area (TPSA) is 374 Å². The zero-order valence-corrected chi connectivity index (χ0v) is 36.4. The quantitative estimate of drug-likeness (QED) is 0.0484. The van der Waals surface area contributed by atoms with E-state index in [4.69, 9.17) is 10.8 Å². The highest BCUT2D eigenvalue weighted by molar-refractivity contribution is 5.98. The SMILES string of the molecule is CC(C)[C@H](NC(=O)[C@@H]1CCCN1C(=O)[C@H](C)NC(=O)CNC(=O)[C@H](C)NC(=O)[C@H](C)NC(=O)[C@@H]1CCCN1C(=O)[C@H](C)NC(=O)CNC(=O)[C@H](C)NC(=O)[C@@H](N)CC(=O)O)C(=O)O. The van der Waals surface area contributed by atoms with Crippen LogP contribution in [0.2, 0.25) is 0 Å². The van der Waals surface area contributed by atoms with Crippen LogP contribution in [0.15, 0.2) is 0 Å². The zero-order chi connectivity index (χ0) is 47.9. The predicted molar refractivity (Wildman–Crippen MR) is 218 cm³/mol. The molecule has 352 valence electrons. The molecule has 2 fully saturated rings. The molecule has 0 spiro atoms. The number of carbonyl (C=O) groups is 12. The fourth-order valence-corrected chi connectivity index (χ4v) is 6.66. The number of carboxylic acid groups (broad SMARTS) is 2. The summed E-state index contributed by atoms with van der Waals surface area (Å²) in [6.07, 6.45) is 0.810. The zero-order valence-electron chi connectivity index (χ0n) is 36.4. The van der Waals surface area contributed by atoms with Crippen LogP contribution in [0, 0.1) is 5.92 Å². The molecule has 0 aromatic heterocycles. The number of aliphatic carboxylic acids is 2. The molecule has 0 radical (unpaired) electrons. The van der Waals surface area contributed by atoms with Crippen LogP contribution in [-0.4, -0.2) is 172 Å². The molecule has 12 N–H and O–H groups in total. The van der Waals surface area contributed by atoms with Gasteiger partial charge in [-0.15, -0.1) is 0 Å². The van der Waals surface area contributed by atoms with E-state index < -0.39 is 151 Å². The lowest BCUT2D eigenvalue weighted by Gasteiger charge is -2.28. The normalized spacial score (nSPS) is 19.1. The van der Waals surface area contributed by atoms with Crippen LogP contribution in [0.25, 0.3) is 0 Å². The van der Waals surface area contributed by atoms with Crippen LogP contribution < -0.4 is 48.3 Å². The van der Waals surface area contributed by atoms with Crippen molar-refractivity contribution in [3.8, 4) is 0 Å². The summed E-state index contributed by atoms with van der Waals surface area (Å²) in [5.74, 6) is -10.1. The predicted octanol–water partition coefficient (Wildman–Crippen LogP) is -5.25. The van der Waals surface area contributed by atoms with Crippen LogP contribution in [-0.2, 0) is 57.5 Å². The van der Waals surface area contributed by atoms with Crippen molar-refractivity contribution < 1.29 is 67.7 Å². The Morgan fingerprint density at radius 2 is 0.937 bits per heavy atom. The minimum atomic E-state index is -1.40. The molecule has 2 heterocycles. The molecule has 25 heteroatoms. The largest absolute Gasteiger partial charge is 0.481 e. The van der Waals surface area contributed by atoms with E-state index in [-0.39, 0.29) is 19.5 Å². The monoisotopic (exact) mass is 895 g/mol. The summed E-state index contributed by atoms with van der Waals surface area (Å²) in [5, 5.41) is 37.3. The maximum Gasteiger partial charge on any atom is 0.326 e. The Labute approximate surface area is 363 Å². The summed E-state index contributed by atoms with van der Waals surface area (Å²) in [6, 6.07) is -10.2. The Kier molecular flexibility index (Phi) is 20.3. The third-order valence-electron chi connectivity index (χ3n) is 10.2. The fourth-order valence-electron chi connectivity index (χ4n) is 6.66. The second-order valence-corrected chi connectivity index (χ2v) is 15.9. The van der Waals surface area contributed by atoms with Crippen molar-refractivity contribution in [1.82, 2.24) is 52.3 Å². The van der Waals surface area contributed by atoms with Crippen LogP contribution >= 0.6 is 0 Å². The van der Waals surface area contributed by atoms with Crippen LogP contribution in [0.3, 0.4) is 0 Å². The Bertz CT molecular complexity index is 1780. The molecular formula is C38H61N11O14. The molecule has 0 bridgehead atoms. The molecule has 2 rings (SSSR count). The van der Waals surface area contributed by atoms with Crippen molar-refractivity contribution in [2.45, 2.75) is 135 Å². The number of hydrogen-bond donors (Lipinski definition) is 11. The Hall–Kier alpha value is -6.40. The first-order valence-electron chi connectivity index (χ1n) is 20.5. The fraction of sp³-hybridized carbons (Fsp3) is 0.684. The van der Waals surface area contributed by atoms with Gasteiger partial charge in [0.1, 0.15) is 48.3 Å². The van der Waals surface area contributed by atoms with Gasteiger partial charge in [-0.1, -0.05) is 13.8 Å². The van der Waals surface area contributed by atoms with E-state index in [0.29, 0.717) is 19.3 Å². The number of nitrogens with one attached hydrogen (secondary N) is 8. The first-order chi connectivity index (χ1) is 29.3. The lowest BCUT2D eigenvalue weighted by Crippen LogP contribution is -2.57. The Balaban J connectivity index is 1.81. The molecule has 25 nitrogen and oxygen atoms in total.